The Kier molecular flexibility index (Phi) is 2.53. The molecule has 0 bridgehead atoms. The van der Waals surface area contributed by atoms with Crippen molar-refractivity contribution < 1.29 is 0 Å². The van der Waals surface area contributed by atoms with E-state index in [9.17, 15) is 0 Å². The van der Waals surface area contributed by atoms with Crippen molar-refractivity contribution in [2.75, 3.05) is 0 Å². The number of aryl methyl sites for hydroxylation is 2. The fourth-order valence-electron chi connectivity index (χ4n) is 2.26. The first-order valence-corrected chi connectivity index (χ1v) is 5.90. The van der Waals surface area contributed by atoms with Crippen molar-refractivity contribution >= 4 is 10.8 Å². The fourth-order valence-corrected chi connectivity index (χ4v) is 2.26. The zero-order chi connectivity index (χ0) is 11.9. The molecule has 2 rings (SSSR count). The van der Waals surface area contributed by atoms with Crippen LogP contribution in [0.2, 0.25) is 0 Å². The minimum absolute atomic E-state index is 0.210. The Hall–Kier alpha value is -1.30. The average molecular weight is 212 g/mol. The first-order valence-electron chi connectivity index (χ1n) is 5.90. The van der Waals surface area contributed by atoms with E-state index < -0.39 is 0 Å². The third-order valence-corrected chi connectivity index (χ3v) is 3.20. The van der Waals surface area contributed by atoms with Crippen LogP contribution in [0.4, 0.5) is 0 Å². The van der Waals surface area contributed by atoms with Crippen LogP contribution in [-0.4, -0.2) is 0 Å². The van der Waals surface area contributed by atoms with Gasteiger partial charge in [0.15, 0.2) is 0 Å². The van der Waals surface area contributed by atoms with Crippen molar-refractivity contribution in [3.63, 3.8) is 0 Å². The lowest BCUT2D eigenvalue weighted by molar-refractivity contribution is 0.596. The molecule has 0 radical (unpaired) electrons. The zero-order valence-corrected chi connectivity index (χ0v) is 10.9. The molecule has 0 amide bonds. The highest BCUT2D eigenvalue weighted by Gasteiger charge is 2.17. The molecule has 0 saturated heterocycles. The lowest BCUT2D eigenvalue weighted by Gasteiger charge is -2.22. The number of rotatable bonds is 0. The number of fused-ring (bicyclic) bond motifs is 1. The second kappa shape index (κ2) is 3.62. The van der Waals surface area contributed by atoms with Crippen LogP contribution in [0.25, 0.3) is 10.8 Å². The molecule has 0 atom stereocenters. The first kappa shape index (κ1) is 11.2. The maximum atomic E-state index is 2.29. The summed E-state index contributed by atoms with van der Waals surface area (Å²) in [7, 11) is 0. The molecule has 16 heavy (non-hydrogen) atoms. The zero-order valence-electron chi connectivity index (χ0n) is 10.9. The summed E-state index contributed by atoms with van der Waals surface area (Å²) in [6, 6.07) is 11.3. The van der Waals surface area contributed by atoms with Gasteiger partial charge in [0.05, 0.1) is 0 Å². The Bertz CT molecular complexity index is 527. The first-order chi connectivity index (χ1) is 7.39. The van der Waals surface area contributed by atoms with Gasteiger partial charge >= 0.3 is 0 Å². The molecule has 0 N–H and O–H groups in total. The quantitative estimate of drug-likeness (QED) is 0.591. The van der Waals surface area contributed by atoms with Crippen LogP contribution in [0.15, 0.2) is 30.3 Å². The van der Waals surface area contributed by atoms with Crippen LogP contribution < -0.4 is 0 Å². The molecule has 0 nitrogen and oxygen atoms in total. The molecule has 0 unspecified atom stereocenters. The summed E-state index contributed by atoms with van der Waals surface area (Å²) in [6.07, 6.45) is 0. The average Bonchev–Trinajstić information content (AvgIpc) is 2.17. The van der Waals surface area contributed by atoms with Gasteiger partial charge in [0.25, 0.3) is 0 Å². The van der Waals surface area contributed by atoms with Crippen LogP contribution in [-0.2, 0) is 5.41 Å². The molecule has 0 heterocycles. The van der Waals surface area contributed by atoms with E-state index in [4.69, 9.17) is 0 Å². The second-order valence-corrected chi connectivity index (χ2v) is 5.73. The van der Waals surface area contributed by atoms with Gasteiger partial charge in [-0.05, 0) is 41.2 Å². The Morgan fingerprint density at radius 2 is 1.50 bits per heavy atom. The molecule has 0 fully saturated rings. The number of benzene rings is 2. The largest absolute Gasteiger partial charge is 0.0587 e. The van der Waals surface area contributed by atoms with E-state index in [0.717, 1.165) is 0 Å². The van der Waals surface area contributed by atoms with Gasteiger partial charge in [-0.2, -0.15) is 0 Å². The highest BCUT2D eigenvalue weighted by molar-refractivity contribution is 5.89. The van der Waals surface area contributed by atoms with Crippen LogP contribution in [0.1, 0.15) is 37.5 Å². The van der Waals surface area contributed by atoms with Gasteiger partial charge in [0.2, 0.25) is 0 Å². The Balaban J connectivity index is 2.85. The maximum absolute atomic E-state index is 2.29. The Labute approximate surface area is 98.3 Å². The third kappa shape index (κ3) is 1.84. The molecular weight excluding hydrogens is 192 g/mol. The second-order valence-electron chi connectivity index (χ2n) is 5.73. The molecule has 2 aromatic carbocycles. The molecule has 0 spiro atoms. The summed E-state index contributed by atoms with van der Waals surface area (Å²) in [5.74, 6) is 0. The van der Waals surface area contributed by atoms with Crippen LogP contribution in [0.3, 0.4) is 0 Å². The molecule has 0 aliphatic rings. The van der Waals surface area contributed by atoms with Gasteiger partial charge in [-0.1, -0.05) is 56.7 Å². The van der Waals surface area contributed by atoms with Crippen molar-refractivity contribution in [1.29, 1.82) is 0 Å². The van der Waals surface area contributed by atoms with Gasteiger partial charge < -0.3 is 0 Å². The van der Waals surface area contributed by atoms with E-state index in [1.54, 1.807) is 0 Å². The minimum Gasteiger partial charge on any atom is -0.0587 e. The molecule has 0 aliphatic heterocycles. The fraction of sp³-hybridized carbons (Fsp3) is 0.375. The van der Waals surface area contributed by atoms with E-state index in [1.165, 1.54) is 27.5 Å². The topological polar surface area (TPSA) is 0 Å². The van der Waals surface area contributed by atoms with Gasteiger partial charge in [-0.25, -0.2) is 0 Å². The van der Waals surface area contributed by atoms with Crippen molar-refractivity contribution in [3.8, 4) is 0 Å². The Morgan fingerprint density at radius 3 is 2.12 bits per heavy atom. The van der Waals surface area contributed by atoms with Crippen LogP contribution >= 0.6 is 0 Å². The van der Waals surface area contributed by atoms with E-state index in [-0.39, 0.29) is 5.41 Å². The predicted octanol–water partition coefficient (Wildman–Crippen LogP) is 4.75. The number of hydrogen-bond acceptors (Lipinski definition) is 0. The summed E-state index contributed by atoms with van der Waals surface area (Å²) in [6.45, 7) is 11.2. The van der Waals surface area contributed by atoms with E-state index in [1.807, 2.05) is 0 Å². The maximum Gasteiger partial charge on any atom is -0.0126 e. The molecule has 0 heteroatoms. The summed E-state index contributed by atoms with van der Waals surface area (Å²) in [5.41, 5.74) is 4.35. The molecule has 84 valence electrons. The predicted molar refractivity (Wildman–Crippen MR) is 72.1 cm³/mol. The highest BCUT2D eigenvalue weighted by Crippen LogP contribution is 2.32. The van der Waals surface area contributed by atoms with Crippen molar-refractivity contribution in [2.45, 2.75) is 40.0 Å². The minimum atomic E-state index is 0.210. The summed E-state index contributed by atoms with van der Waals surface area (Å²) in [4.78, 5) is 0. The lowest BCUT2D eigenvalue weighted by atomic mass is 9.82. The highest BCUT2D eigenvalue weighted by atomic mass is 14.2. The van der Waals surface area contributed by atoms with E-state index in [2.05, 4.69) is 65.0 Å². The SMILES string of the molecule is Cc1ccc2c(C(C)(C)C)ccc(C)c2c1. The van der Waals surface area contributed by atoms with E-state index in [0.29, 0.717) is 0 Å². The molecule has 2 aromatic rings. The van der Waals surface area contributed by atoms with Gasteiger partial charge in [0.1, 0.15) is 0 Å². The summed E-state index contributed by atoms with van der Waals surface area (Å²) in [5, 5.41) is 2.80. The monoisotopic (exact) mass is 212 g/mol. The molecule has 0 saturated carbocycles. The third-order valence-electron chi connectivity index (χ3n) is 3.20. The van der Waals surface area contributed by atoms with Crippen molar-refractivity contribution in [3.05, 3.63) is 47.0 Å². The lowest BCUT2D eigenvalue weighted by Crippen LogP contribution is -2.11. The molecule has 0 aromatic heterocycles. The Morgan fingerprint density at radius 1 is 0.812 bits per heavy atom. The van der Waals surface area contributed by atoms with Gasteiger partial charge in [0, 0.05) is 0 Å². The summed E-state index contributed by atoms with van der Waals surface area (Å²) >= 11 is 0. The van der Waals surface area contributed by atoms with Crippen molar-refractivity contribution in [2.24, 2.45) is 0 Å². The summed E-state index contributed by atoms with van der Waals surface area (Å²) < 4.78 is 0. The van der Waals surface area contributed by atoms with Gasteiger partial charge in [-0.15, -0.1) is 0 Å². The molecule has 0 aliphatic carbocycles. The van der Waals surface area contributed by atoms with Crippen LogP contribution in [0.5, 0.6) is 0 Å². The smallest absolute Gasteiger partial charge is 0.0126 e. The standard InChI is InChI=1S/C16H20/c1-11-6-8-13-14(10-11)12(2)7-9-15(13)16(3,4)5/h6-10H,1-5H3. The number of hydrogen-bond donors (Lipinski definition) is 0. The van der Waals surface area contributed by atoms with E-state index >= 15 is 0 Å². The van der Waals surface area contributed by atoms with Crippen LogP contribution in [0, 0.1) is 13.8 Å². The van der Waals surface area contributed by atoms with Gasteiger partial charge in [-0.3, -0.25) is 0 Å². The van der Waals surface area contributed by atoms with Crippen molar-refractivity contribution in [1.82, 2.24) is 0 Å². The molecular formula is C16H20. The normalized spacial score (nSPS) is 12.1.